The minimum absolute atomic E-state index is 0. The molecule has 0 radical (unpaired) electrons. The molecule has 0 bridgehead atoms. The number of carbonyl (C=O) groups is 1. The molecule has 0 unspecified atom stereocenters. The van der Waals surface area contributed by atoms with Crippen LogP contribution in [-0.2, 0) is 9.36 Å². The first-order chi connectivity index (χ1) is 3.15. The molecule has 0 rings (SSSR count). The summed E-state index contributed by atoms with van der Waals surface area (Å²) in [4.78, 5) is 17.2. The fourth-order valence-electron chi connectivity index (χ4n) is 0. The minimum atomic E-state index is -1.08. The van der Waals surface area contributed by atoms with Crippen LogP contribution in [0.1, 0.15) is 6.92 Å². The van der Waals surface area contributed by atoms with Gasteiger partial charge in [-0.1, -0.05) is 0 Å². The van der Waals surface area contributed by atoms with E-state index in [1.807, 2.05) is 0 Å². The summed E-state index contributed by atoms with van der Waals surface area (Å²) in [5.74, 6) is -1.08. The molecule has 0 aliphatic carbocycles. The van der Waals surface area contributed by atoms with Crippen molar-refractivity contribution >= 4 is 14.7 Å². The van der Waals surface area contributed by atoms with Crippen molar-refractivity contribution < 1.29 is 84.0 Å². The molecule has 0 aliphatic rings. The van der Waals surface area contributed by atoms with Crippen LogP contribution in [0.4, 0.5) is 0 Å². The molecule has 5 nitrogen and oxygen atoms in total. The third-order valence-electron chi connectivity index (χ3n) is 0. The van der Waals surface area contributed by atoms with E-state index in [-0.39, 0.29) is 64.6 Å². The van der Waals surface area contributed by atoms with Gasteiger partial charge in [-0.05, 0) is 6.92 Å². The minimum Gasteiger partial charge on any atom is -0.772 e. The van der Waals surface area contributed by atoms with Crippen LogP contribution in [0.3, 0.4) is 0 Å². The van der Waals surface area contributed by atoms with Gasteiger partial charge < -0.3 is 20.3 Å². The summed E-state index contributed by atoms with van der Waals surface area (Å²) in [7, 11) is -1.08. The van der Waals surface area contributed by atoms with Crippen LogP contribution in [0.5, 0.6) is 0 Å². The second-order valence-corrected chi connectivity index (χ2v) is 0.715. The quantitative estimate of drug-likeness (QED) is 0.276. The Bertz CT molecular complexity index is 64.7. The maximum absolute atomic E-state index is 8.89. The first-order valence-electron chi connectivity index (χ1n) is 1.27. The van der Waals surface area contributed by atoms with Gasteiger partial charge in [0.2, 0.25) is 0 Å². The van der Waals surface area contributed by atoms with Crippen molar-refractivity contribution in [2.75, 3.05) is 0 Å². The molecule has 8 heteroatoms. The standard InChI is InChI=1S/C2H4O2.2Na.HO2P.H2O/c1-2(3)4;;;1-3-2;/h1H3,(H,3,4);;;(H,1,2);1H2/q;2*+1;;/p-2. The number of hydrogen-bond acceptors (Lipinski definition) is 4. The maximum atomic E-state index is 8.89. The Morgan fingerprint density at radius 1 is 1.40 bits per heavy atom. The SMILES string of the molecule is CC(=O)[O-].O.O=P[O-].[Na+].[Na+]. The average molecular weight is 186 g/mol. The van der Waals surface area contributed by atoms with Crippen molar-refractivity contribution in [1.29, 1.82) is 0 Å². The predicted molar refractivity (Wildman–Crippen MR) is 21.9 cm³/mol. The first-order valence-corrected chi connectivity index (χ1v) is 2.00. The van der Waals surface area contributed by atoms with Crippen molar-refractivity contribution in [3.05, 3.63) is 0 Å². The Kier molecular flexibility index (Phi) is 94.1. The van der Waals surface area contributed by atoms with Crippen LogP contribution >= 0.6 is 8.69 Å². The summed E-state index contributed by atoms with van der Waals surface area (Å²) in [5, 5.41) is 8.89. The second-order valence-electron chi connectivity index (χ2n) is 0.566. The smallest absolute Gasteiger partial charge is 0.772 e. The molecule has 2 N–H and O–H groups in total. The molecule has 0 amide bonds. The molecule has 0 saturated heterocycles. The summed E-state index contributed by atoms with van der Waals surface area (Å²) < 4.78 is 8.35. The normalized spacial score (nSPS) is 4.60. The second kappa shape index (κ2) is 31.3. The molecule has 0 spiro atoms. The number of carbonyl (C=O) groups excluding carboxylic acids is 1. The third kappa shape index (κ3) is 308. The van der Waals surface area contributed by atoms with Crippen LogP contribution in [-0.4, -0.2) is 11.4 Å². The zero-order valence-electron chi connectivity index (χ0n) is 6.08. The zero-order chi connectivity index (χ0) is 6.28. The molecular weight excluding hydrogens is 181 g/mol. The summed E-state index contributed by atoms with van der Waals surface area (Å²) in [6, 6.07) is 0. The average Bonchev–Trinajstić information content (AvgIpc) is 1.33. The molecule has 10 heavy (non-hydrogen) atoms. The van der Waals surface area contributed by atoms with Crippen LogP contribution < -0.4 is 69.1 Å². The van der Waals surface area contributed by atoms with Gasteiger partial charge in [0.1, 0.15) is 0 Å². The van der Waals surface area contributed by atoms with E-state index in [9.17, 15) is 0 Å². The van der Waals surface area contributed by atoms with Crippen molar-refractivity contribution in [2.24, 2.45) is 0 Å². The fraction of sp³-hybridized carbons (Fsp3) is 0.500. The Hall–Kier alpha value is 1.49. The van der Waals surface area contributed by atoms with Crippen LogP contribution in [0, 0.1) is 0 Å². The van der Waals surface area contributed by atoms with Gasteiger partial charge in [0, 0.05) is 5.97 Å². The van der Waals surface area contributed by atoms with E-state index in [1.165, 1.54) is 0 Å². The Morgan fingerprint density at radius 2 is 1.40 bits per heavy atom. The number of aliphatic carboxylic acids is 1. The fourth-order valence-corrected chi connectivity index (χ4v) is 0. The van der Waals surface area contributed by atoms with E-state index in [2.05, 4.69) is 0 Å². The van der Waals surface area contributed by atoms with Gasteiger partial charge in [0.25, 0.3) is 0 Å². The molecule has 0 aromatic rings. The number of rotatable bonds is 0. The van der Waals surface area contributed by atoms with Gasteiger partial charge in [0.05, 0.1) is 8.69 Å². The van der Waals surface area contributed by atoms with E-state index in [4.69, 9.17) is 19.4 Å². The number of carboxylic acid groups (broad SMARTS) is 1. The summed E-state index contributed by atoms with van der Waals surface area (Å²) in [6.45, 7) is 0.972. The van der Waals surface area contributed by atoms with E-state index in [1.54, 1.807) is 0 Å². The molecule has 0 aromatic carbocycles. The largest absolute Gasteiger partial charge is 1.00 e. The van der Waals surface area contributed by atoms with Crippen molar-refractivity contribution in [1.82, 2.24) is 0 Å². The van der Waals surface area contributed by atoms with E-state index >= 15 is 0 Å². The van der Waals surface area contributed by atoms with Gasteiger partial charge >= 0.3 is 59.1 Å². The van der Waals surface area contributed by atoms with Gasteiger partial charge in [-0.15, -0.1) is 0 Å². The Balaban J connectivity index is -0.0000000131. The molecule has 0 aliphatic heterocycles. The zero-order valence-corrected chi connectivity index (χ0v) is 11.0. The van der Waals surface area contributed by atoms with Gasteiger partial charge in [-0.3, -0.25) is 4.57 Å². The molecule has 0 saturated carbocycles. The van der Waals surface area contributed by atoms with Crippen LogP contribution in [0.2, 0.25) is 0 Å². The van der Waals surface area contributed by atoms with E-state index in [0.29, 0.717) is 0 Å². The molecule has 0 atom stereocenters. The Morgan fingerprint density at radius 3 is 1.40 bits per heavy atom. The summed E-state index contributed by atoms with van der Waals surface area (Å²) in [6.07, 6.45) is 0. The van der Waals surface area contributed by atoms with Gasteiger partial charge in [0.15, 0.2) is 0 Å². The predicted octanol–water partition coefficient (Wildman–Crippen LogP) is -8.51. The molecule has 0 aromatic heterocycles. The van der Waals surface area contributed by atoms with E-state index < -0.39 is 14.7 Å². The first kappa shape index (κ1) is 30.0. The topological polar surface area (TPSA) is 112 Å². The van der Waals surface area contributed by atoms with Crippen molar-refractivity contribution in [3.63, 3.8) is 0 Å². The molecule has 0 heterocycles. The Labute approximate surface area is 104 Å². The van der Waals surface area contributed by atoms with Crippen LogP contribution in [0.15, 0.2) is 0 Å². The molecular formula is C2H5Na2O5P. The monoisotopic (exact) mass is 186 g/mol. The molecule has 0 fully saturated rings. The summed E-state index contributed by atoms with van der Waals surface area (Å²) >= 11 is 0. The third-order valence-corrected chi connectivity index (χ3v) is 0. The number of carboxylic acids is 1. The van der Waals surface area contributed by atoms with Crippen molar-refractivity contribution in [2.45, 2.75) is 6.92 Å². The molecule has 50 valence electrons. The van der Waals surface area contributed by atoms with Crippen molar-refractivity contribution in [3.8, 4) is 0 Å². The van der Waals surface area contributed by atoms with Gasteiger partial charge in [-0.2, -0.15) is 0 Å². The van der Waals surface area contributed by atoms with Crippen LogP contribution in [0.25, 0.3) is 0 Å². The summed E-state index contributed by atoms with van der Waals surface area (Å²) in [5.41, 5.74) is 0. The maximum Gasteiger partial charge on any atom is 1.00 e. The van der Waals surface area contributed by atoms with E-state index in [0.717, 1.165) is 6.92 Å². The van der Waals surface area contributed by atoms with Gasteiger partial charge in [-0.25, -0.2) is 0 Å². The number of hydrogen-bond donors (Lipinski definition) is 0.